The largest absolute Gasteiger partial charge is 0.394 e. The Labute approximate surface area is 94.2 Å². The minimum Gasteiger partial charge on any atom is -0.394 e. The molecular weight excluding hydrogens is 204 g/mol. The van der Waals surface area contributed by atoms with E-state index in [1.807, 2.05) is 6.07 Å². The molecule has 1 fully saturated rings. The number of anilines is 1. The fourth-order valence-electron chi connectivity index (χ4n) is 2.10. The Morgan fingerprint density at radius 3 is 2.62 bits per heavy atom. The second kappa shape index (κ2) is 4.45. The predicted octanol–water partition coefficient (Wildman–Crippen LogP) is 1.07. The van der Waals surface area contributed by atoms with E-state index in [2.05, 4.69) is 15.3 Å². The number of aliphatic hydroxyl groups excluding tert-OH is 1. The third-order valence-corrected chi connectivity index (χ3v) is 3.02. The van der Waals surface area contributed by atoms with Gasteiger partial charge in [-0.15, -0.1) is 0 Å². The first-order chi connectivity index (χ1) is 7.78. The number of nitrogens with one attached hydrogen (secondary N) is 1. The predicted molar refractivity (Wildman–Crippen MR) is 58.7 cm³/mol. The van der Waals surface area contributed by atoms with Gasteiger partial charge in [-0.3, -0.25) is 0 Å². The molecule has 0 amide bonds. The minimum atomic E-state index is -0.247. The van der Waals surface area contributed by atoms with Crippen LogP contribution >= 0.6 is 0 Å². The van der Waals surface area contributed by atoms with E-state index in [1.165, 1.54) is 12.4 Å². The highest BCUT2D eigenvalue weighted by molar-refractivity contribution is 5.37. The average molecular weight is 218 g/mol. The highest BCUT2D eigenvalue weighted by atomic mass is 16.3. The van der Waals surface area contributed by atoms with Crippen molar-refractivity contribution in [3.05, 3.63) is 18.1 Å². The van der Waals surface area contributed by atoms with E-state index in [4.69, 9.17) is 5.26 Å². The smallest absolute Gasteiger partial charge is 0.158 e. The maximum Gasteiger partial charge on any atom is 0.158 e. The van der Waals surface area contributed by atoms with E-state index in [-0.39, 0.29) is 12.1 Å². The molecule has 5 nitrogen and oxygen atoms in total. The molecule has 1 aliphatic carbocycles. The molecule has 0 spiro atoms. The van der Waals surface area contributed by atoms with Gasteiger partial charge in [-0.05, 0) is 12.8 Å². The van der Waals surface area contributed by atoms with Crippen LogP contribution in [0.4, 0.5) is 5.82 Å². The van der Waals surface area contributed by atoms with Crippen LogP contribution in [0.25, 0.3) is 0 Å². The second-order valence-electron chi connectivity index (χ2n) is 4.17. The molecule has 16 heavy (non-hydrogen) atoms. The first-order valence-electron chi connectivity index (χ1n) is 5.39. The quantitative estimate of drug-likeness (QED) is 0.792. The van der Waals surface area contributed by atoms with E-state index in [0.717, 1.165) is 25.7 Å². The van der Waals surface area contributed by atoms with Gasteiger partial charge in [-0.1, -0.05) is 12.8 Å². The van der Waals surface area contributed by atoms with Crippen LogP contribution in [0.15, 0.2) is 12.4 Å². The molecule has 0 aliphatic heterocycles. The molecule has 0 aromatic carbocycles. The lowest BCUT2D eigenvalue weighted by Gasteiger charge is -2.28. The Morgan fingerprint density at radius 2 is 2.12 bits per heavy atom. The number of nitriles is 1. The molecule has 0 unspecified atom stereocenters. The monoisotopic (exact) mass is 218 g/mol. The summed E-state index contributed by atoms with van der Waals surface area (Å²) in [5, 5.41) is 21.2. The van der Waals surface area contributed by atoms with E-state index < -0.39 is 0 Å². The lowest BCUT2D eigenvalue weighted by atomic mass is 9.99. The van der Waals surface area contributed by atoms with Crippen LogP contribution < -0.4 is 5.32 Å². The summed E-state index contributed by atoms with van der Waals surface area (Å²) in [6.07, 6.45) is 7.11. The summed E-state index contributed by atoms with van der Waals surface area (Å²) >= 11 is 0. The topological polar surface area (TPSA) is 81.8 Å². The van der Waals surface area contributed by atoms with Crippen LogP contribution in [0, 0.1) is 11.3 Å². The summed E-state index contributed by atoms with van der Waals surface area (Å²) < 4.78 is 0. The van der Waals surface area contributed by atoms with Crippen molar-refractivity contribution in [2.45, 2.75) is 31.2 Å². The summed E-state index contributed by atoms with van der Waals surface area (Å²) in [6.45, 7) is 0.106. The van der Waals surface area contributed by atoms with Crippen molar-refractivity contribution in [3.63, 3.8) is 0 Å². The van der Waals surface area contributed by atoms with Gasteiger partial charge >= 0.3 is 0 Å². The number of aromatic nitrogens is 2. The van der Waals surface area contributed by atoms with Crippen molar-refractivity contribution in [2.24, 2.45) is 0 Å². The SMILES string of the molecule is N#Cc1cnc(NC2(CO)CCCC2)cn1. The summed E-state index contributed by atoms with van der Waals surface area (Å²) in [6, 6.07) is 1.92. The van der Waals surface area contributed by atoms with Crippen LogP contribution in [-0.2, 0) is 0 Å². The fraction of sp³-hybridized carbons (Fsp3) is 0.545. The normalized spacial score (nSPS) is 18.0. The summed E-state index contributed by atoms with van der Waals surface area (Å²) in [5.41, 5.74) is 0.0538. The Kier molecular flexibility index (Phi) is 3.02. The number of rotatable bonds is 3. The van der Waals surface area contributed by atoms with Crippen molar-refractivity contribution >= 4 is 5.82 Å². The average Bonchev–Trinajstić information content (AvgIpc) is 2.79. The van der Waals surface area contributed by atoms with Crippen molar-refractivity contribution in [1.82, 2.24) is 9.97 Å². The summed E-state index contributed by atoms with van der Waals surface area (Å²) in [4.78, 5) is 8.04. The molecule has 5 heteroatoms. The molecule has 1 aliphatic rings. The van der Waals surface area contributed by atoms with Crippen LogP contribution in [0.5, 0.6) is 0 Å². The highest BCUT2D eigenvalue weighted by Crippen LogP contribution is 2.31. The Hall–Kier alpha value is -1.67. The van der Waals surface area contributed by atoms with Crippen molar-refractivity contribution in [3.8, 4) is 6.07 Å². The summed E-state index contributed by atoms with van der Waals surface area (Å²) in [5.74, 6) is 0.620. The van der Waals surface area contributed by atoms with Gasteiger partial charge < -0.3 is 10.4 Å². The van der Waals surface area contributed by atoms with Crippen molar-refractivity contribution in [1.29, 1.82) is 5.26 Å². The van der Waals surface area contributed by atoms with Gasteiger partial charge in [0.1, 0.15) is 11.9 Å². The van der Waals surface area contributed by atoms with Crippen LogP contribution in [0.2, 0.25) is 0 Å². The first-order valence-corrected chi connectivity index (χ1v) is 5.39. The zero-order chi connectivity index (χ0) is 11.4. The molecule has 1 heterocycles. The Balaban J connectivity index is 2.10. The van der Waals surface area contributed by atoms with Gasteiger partial charge in [-0.2, -0.15) is 5.26 Å². The van der Waals surface area contributed by atoms with Gasteiger partial charge in [0.25, 0.3) is 0 Å². The molecule has 84 valence electrons. The van der Waals surface area contributed by atoms with E-state index in [0.29, 0.717) is 11.5 Å². The van der Waals surface area contributed by atoms with Gasteiger partial charge in [-0.25, -0.2) is 9.97 Å². The second-order valence-corrected chi connectivity index (χ2v) is 4.17. The maximum atomic E-state index is 9.42. The van der Waals surface area contributed by atoms with Gasteiger partial charge in [0.2, 0.25) is 0 Å². The fourth-order valence-corrected chi connectivity index (χ4v) is 2.10. The summed E-state index contributed by atoms with van der Waals surface area (Å²) in [7, 11) is 0. The molecule has 1 saturated carbocycles. The molecule has 1 aromatic heterocycles. The zero-order valence-electron chi connectivity index (χ0n) is 8.98. The van der Waals surface area contributed by atoms with Gasteiger partial charge in [0, 0.05) is 0 Å². The Bertz CT molecular complexity index is 389. The van der Waals surface area contributed by atoms with E-state index >= 15 is 0 Å². The van der Waals surface area contributed by atoms with Crippen LogP contribution in [0.3, 0.4) is 0 Å². The molecule has 0 atom stereocenters. The lowest BCUT2D eigenvalue weighted by Crippen LogP contribution is -2.39. The molecule has 1 aromatic rings. The van der Waals surface area contributed by atoms with Crippen molar-refractivity contribution in [2.75, 3.05) is 11.9 Å². The molecular formula is C11H14N4O. The van der Waals surface area contributed by atoms with Gasteiger partial charge in [0.05, 0.1) is 24.5 Å². The minimum absolute atomic E-state index is 0.106. The van der Waals surface area contributed by atoms with Crippen LogP contribution in [-0.4, -0.2) is 27.2 Å². The number of hydrogen-bond acceptors (Lipinski definition) is 5. The third kappa shape index (κ3) is 2.12. The third-order valence-electron chi connectivity index (χ3n) is 3.02. The van der Waals surface area contributed by atoms with Crippen LogP contribution in [0.1, 0.15) is 31.4 Å². The number of aliphatic hydroxyl groups is 1. The Morgan fingerprint density at radius 1 is 1.38 bits per heavy atom. The molecule has 0 bridgehead atoms. The first kappa shape index (κ1) is 10.8. The highest BCUT2D eigenvalue weighted by Gasteiger charge is 2.33. The van der Waals surface area contributed by atoms with Gasteiger partial charge in [0.15, 0.2) is 5.69 Å². The molecule has 0 saturated heterocycles. The molecule has 0 radical (unpaired) electrons. The molecule has 2 N–H and O–H groups in total. The lowest BCUT2D eigenvalue weighted by molar-refractivity contribution is 0.214. The number of nitrogens with zero attached hydrogens (tertiary/aromatic N) is 3. The maximum absolute atomic E-state index is 9.42. The molecule has 2 rings (SSSR count). The van der Waals surface area contributed by atoms with Crippen molar-refractivity contribution < 1.29 is 5.11 Å². The van der Waals surface area contributed by atoms with E-state index in [9.17, 15) is 5.11 Å². The number of hydrogen-bond donors (Lipinski definition) is 2. The zero-order valence-corrected chi connectivity index (χ0v) is 8.98. The van der Waals surface area contributed by atoms with E-state index in [1.54, 1.807) is 0 Å². The standard InChI is InChI=1S/C11H14N4O/c12-5-9-6-14-10(7-13-9)15-11(8-16)3-1-2-4-11/h6-7,16H,1-4,8H2,(H,14,15).